The van der Waals surface area contributed by atoms with Gasteiger partial charge >= 0.3 is 0 Å². The van der Waals surface area contributed by atoms with Gasteiger partial charge in [-0.2, -0.15) is 0 Å². The molecule has 0 bridgehead atoms. The third-order valence-corrected chi connectivity index (χ3v) is 6.62. The lowest BCUT2D eigenvalue weighted by molar-refractivity contribution is -0.114. The van der Waals surface area contributed by atoms with Crippen molar-refractivity contribution in [3.63, 3.8) is 0 Å². The second-order valence-electron chi connectivity index (χ2n) is 8.27. The van der Waals surface area contributed by atoms with Crippen molar-refractivity contribution in [3.8, 4) is 0 Å². The largest absolute Gasteiger partial charge is 0.497 e. The zero-order valence-electron chi connectivity index (χ0n) is 17.4. The molecule has 2 aliphatic carbocycles. The first-order valence-corrected chi connectivity index (χ1v) is 10.1. The Morgan fingerprint density at radius 2 is 2.07 bits per heavy atom. The second-order valence-corrected chi connectivity index (χ2v) is 8.27. The zero-order valence-corrected chi connectivity index (χ0v) is 17.4. The number of hydrogen-bond acceptors (Lipinski definition) is 6. The van der Waals surface area contributed by atoms with E-state index in [9.17, 15) is 4.79 Å². The molecular formula is C23H28N4O3. The van der Waals surface area contributed by atoms with E-state index in [4.69, 9.17) is 20.6 Å². The number of methoxy groups -OCH3 is 2. The molecule has 1 saturated carbocycles. The molecule has 0 spiro atoms. The Kier molecular flexibility index (Phi) is 5.26. The van der Waals surface area contributed by atoms with E-state index in [1.54, 1.807) is 19.4 Å². The van der Waals surface area contributed by atoms with Gasteiger partial charge in [0.1, 0.15) is 5.76 Å². The van der Waals surface area contributed by atoms with E-state index in [2.05, 4.69) is 34.9 Å². The molecule has 1 aliphatic heterocycles. The highest BCUT2D eigenvalue weighted by Crippen LogP contribution is 2.67. The van der Waals surface area contributed by atoms with Crippen molar-refractivity contribution >= 4 is 17.3 Å². The topological polar surface area (TPSA) is 109 Å². The van der Waals surface area contributed by atoms with Gasteiger partial charge in [-0.1, -0.05) is 12.1 Å². The van der Waals surface area contributed by atoms with Gasteiger partial charge in [-0.25, -0.2) is 0 Å². The number of carbonyl (C=O) groups excluding carboxylic acids is 1. The molecule has 7 nitrogen and oxygen atoms in total. The normalized spacial score (nSPS) is 29.0. The number of piperidine rings is 1. The number of primary amides is 1. The number of carbonyl (C=O) groups is 1. The molecule has 5 N–H and O–H groups in total. The minimum absolute atomic E-state index is 0.0725. The summed E-state index contributed by atoms with van der Waals surface area (Å²) < 4.78 is 10.7. The van der Waals surface area contributed by atoms with Crippen molar-refractivity contribution in [1.82, 2.24) is 5.32 Å². The Bertz CT molecular complexity index is 959. The molecule has 4 rings (SSSR count). The van der Waals surface area contributed by atoms with Crippen molar-refractivity contribution in [2.45, 2.75) is 18.3 Å². The third kappa shape index (κ3) is 3.34. The number of rotatable bonds is 7. The lowest BCUT2D eigenvalue weighted by Crippen LogP contribution is -2.40. The first-order chi connectivity index (χ1) is 14.4. The summed E-state index contributed by atoms with van der Waals surface area (Å²) in [7, 11) is 3.29. The standard InChI is InChI=1S/C23H28N4O3/c1-29-14-22-12-23(22,7-8-26-13-22)16-3-5-17(6-4-16)27-11-15-9-18(30-2)10-19(20(15)24)21(25)28/h3-6,9-11,24,26-27H,7-8,12-14H2,1-2H3,(H2,25,28)/b15-11-,24-20?. The minimum Gasteiger partial charge on any atom is -0.497 e. The van der Waals surface area contributed by atoms with E-state index >= 15 is 0 Å². The third-order valence-electron chi connectivity index (χ3n) is 6.62. The highest BCUT2D eigenvalue weighted by Gasteiger charge is 2.68. The summed E-state index contributed by atoms with van der Waals surface area (Å²) in [6.45, 7) is 2.81. The smallest absolute Gasteiger partial charge is 0.251 e. The maximum atomic E-state index is 11.6. The Morgan fingerprint density at radius 3 is 2.73 bits per heavy atom. The fraction of sp³-hybridized carbons (Fsp3) is 0.391. The number of ether oxygens (including phenoxy) is 2. The van der Waals surface area contributed by atoms with E-state index in [0.29, 0.717) is 11.3 Å². The van der Waals surface area contributed by atoms with Crippen LogP contribution in [0.2, 0.25) is 0 Å². The molecule has 2 unspecified atom stereocenters. The average molecular weight is 409 g/mol. The Balaban J connectivity index is 1.51. The Labute approximate surface area is 176 Å². The maximum absolute atomic E-state index is 11.6. The SMILES string of the molecule is COCC12CNCCC1(c1ccc(N/C=C3/C=C(OC)C=C(C(N)=O)C3=N)cc1)C2. The van der Waals surface area contributed by atoms with Gasteiger partial charge in [-0.05, 0) is 49.2 Å². The van der Waals surface area contributed by atoms with Gasteiger partial charge in [0, 0.05) is 41.9 Å². The number of allylic oxidation sites excluding steroid dienone is 3. The van der Waals surface area contributed by atoms with Gasteiger partial charge in [0.25, 0.3) is 5.91 Å². The number of nitrogens with one attached hydrogen (secondary N) is 3. The summed E-state index contributed by atoms with van der Waals surface area (Å²) in [6.07, 6.45) is 7.16. The van der Waals surface area contributed by atoms with E-state index in [1.807, 2.05) is 0 Å². The van der Waals surface area contributed by atoms with Crippen LogP contribution in [0, 0.1) is 10.8 Å². The number of nitrogens with two attached hydrogens (primary N) is 1. The van der Waals surface area contributed by atoms with E-state index < -0.39 is 5.91 Å². The zero-order chi connectivity index (χ0) is 21.4. The van der Waals surface area contributed by atoms with Gasteiger partial charge in [0.2, 0.25) is 0 Å². The lowest BCUT2D eigenvalue weighted by atomic mass is 9.81. The molecule has 2 fully saturated rings. The molecule has 0 radical (unpaired) electrons. The van der Waals surface area contributed by atoms with Crippen molar-refractivity contribution in [1.29, 1.82) is 5.41 Å². The van der Waals surface area contributed by atoms with Gasteiger partial charge in [-0.15, -0.1) is 0 Å². The van der Waals surface area contributed by atoms with Crippen LogP contribution in [0.3, 0.4) is 0 Å². The first-order valence-electron chi connectivity index (χ1n) is 10.1. The van der Waals surface area contributed by atoms with Crippen LogP contribution in [-0.2, 0) is 19.7 Å². The number of amides is 1. The number of benzene rings is 1. The quantitative estimate of drug-likeness (QED) is 0.553. The van der Waals surface area contributed by atoms with Crippen LogP contribution in [0.5, 0.6) is 0 Å². The van der Waals surface area contributed by atoms with Crippen molar-refractivity contribution in [3.05, 3.63) is 65.1 Å². The minimum atomic E-state index is -0.650. The van der Waals surface area contributed by atoms with Crippen molar-refractivity contribution in [2.75, 3.05) is 39.2 Å². The monoisotopic (exact) mass is 408 g/mol. The first kappa shape index (κ1) is 20.4. The summed E-state index contributed by atoms with van der Waals surface area (Å²) in [5, 5.41) is 15.0. The predicted octanol–water partition coefficient (Wildman–Crippen LogP) is 2.23. The molecule has 0 aromatic heterocycles. The molecule has 7 heteroatoms. The van der Waals surface area contributed by atoms with Gasteiger partial charge in [0.05, 0.1) is 25.0 Å². The fourth-order valence-electron chi connectivity index (χ4n) is 4.93. The molecule has 158 valence electrons. The van der Waals surface area contributed by atoms with Crippen LogP contribution in [0.15, 0.2) is 59.5 Å². The maximum Gasteiger partial charge on any atom is 0.251 e. The van der Waals surface area contributed by atoms with Crippen LogP contribution in [0.25, 0.3) is 0 Å². The molecule has 2 atom stereocenters. The summed E-state index contributed by atoms with van der Waals surface area (Å²) in [5.74, 6) is -0.167. The highest BCUT2D eigenvalue weighted by molar-refractivity contribution is 6.28. The molecule has 1 saturated heterocycles. The molecule has 1 heterocycles. The van der Waals surface area contributed by atoms with Crippen molar-refractivity contribution in [2.24, 2.45) is 11.1 Å². The van der Waals surface area contributed by atoms with Crippen molar-refractivity contribution < 1.29 is 14.3 Å². The number of anilines is 1. The lowest BCUT2D eigenvalue weighted by Gasteiger charge is -2.31. The number of hydrogen-bond donors (Lipinski definition) is 4. The summed E-state index contributed by atoms with van der Waals surface area (Å²) in [6, 6.07) is 8.47. The highest BCUT2D eigenvalue weighted by atomic mass is 16.5. The molecule has 3 aliphatic rings. The molecule has 1 amide bonds. The average Bonchev–Trinajstić information content (AvgIpc) is 3.43. The van der Waals surface area contributed by atoms with Crippen LogP contribution < -0.4 is 16.4 Å². The van der Waals surface area contributed by atoms with Gasteiger partial charge in [-0.3, -0.25) is 10.2 Å². The second kappa shape index (κ2) is 7.74. The van der Waals surface area contributed by atoms with Crippen LogP contribution in [-0.4, -0.2) is 45.5 Å². The molecular weight excluding hydrogens is 380 g/mol. The predicted molar refractivity (Wildman–Crippen MR) is 116 cm³/mol. The van der Waals surface area contributed by atoms with Crippen LogP contribution >= 0.6 is 0 Å². The Hall–Kier alpha value is -2.90. The van der Waals surface area contributed by atoms with E-state index in [1.165, 1.54) is 18.7 Å². The molecule has 1 aromatic carbocycles. The van der Waals surface area contributed by atoms with Crippen LogP contribution in [0.1, 0.15) is 18.4 Å². The fourth-order valence-corrected chi connectivity index (χ4v) is 4.93. The summed E-state index contributed by atoms with van der Waals surface area (Å²) >= 11 is 0. The van der Waals surface area contributed by atoms with Crippen LogP contribution in [0.4, 0.5) is 5.69 Å². The van der Waals surface area contributed by atoms with Gasteiger partial charge < -0.3 is 25.8 Å². The molecule has 30 heavy (non-hydrogen) atoms. The molecule has 1 aromatic rings. The summed E-state index contributed by atoms with van der Waals surface area (Å²) in [5.41, 5.74) is 8.79. The van der Waals surface area contributed by atoms with Gasteiger partial charge in [0.15, 0.2) is 0 Å². The number of fused-ring (bicyclic) bond motifs is 1. The van der Waals surface area contributed by atoms with E-state index in [-0.39, 0.29) is 22.1 Å². The summed E-state index contributed by atoms with van der Waals surface area (Å²) in [4.78, 5) is 11.6. The Morgan fingerprint density at radius 1 is 1.30 bits per heavy atom. The van der Waals surface area contributed by atoms with E-state index in [0.717, 1.165) is 38.2 Å².